The van der Waals surface area contributed by atoms with Gasteiger partial charge in [-0.3, -0.25) is 0 Å². The van der Waals surface area contributed by atoms with Crippen LogP contribution in [0.4, 0.5) is 0 Å². The molecule has 1 aliphatic rings. The summed E-state index contributed by atoms with van der Waals surface area (Å²) in [6, 6.07) is 13.5. The van der Waals surface area contributed by atoms with Gasteiger partial charge >= 0.3 is 0 Å². The molecular weight excluding hydrogens is 272 g/mol. The zero-order valence-electron chi connectivity index (χ0n) is 11.2. The standard InChI is InChI=1S/C16H16O3S/c1-20-15-5-3-2-4-12(15)16(17)11-6-7-13-14(10-11)19-9-8-18-13/h2-7,10,16-17H,8-9H2,1H3. The van der Waals surface area contributed by atoms with Crippen molar-refractivity contribution in [3.63, 3.8) is 0 Å². The van der Waals surface area contributed by atoms with Crippen molar-refractivity contribution in [2.24, 2.45) is 0 Å². The van der Waals surface area contributed by atoms with Gasteiger partial charge in [-0.25, -0.2) is 0 Å². The zero-order chi connectivity index (χ0) is 13.9. The van der Waals surface area contributed by atoms with Gasteiger partial charge in [-0.05, 0) is 35.6 Å². The van der Waals surface area contributed by atoms with Gasteiger partial charge in [0.1, 0.15) is 19.3 Å². The molecule has 1 atom stereocenters. The number of fused-ring (bicyclic) bond motifs is 1. The van der Waals surface area contributed by atoms with Crippen molar-refractivity contribution in [1.82, 2.24) is 0 Å². The Balaban J connectivity index is 1.96. The highest BCUT2D eigenvalue weighted by atomic mass is 32.2. The third-order valence-electron chi connectivity index (χ3n) is 3.32. The molecule has 0 radical (unpaired) electrons. The van der Waals surface area contributed by atoms with E-state index in [9.17, 15) is 5.11 Å². The smallest absolute Gasteiger partial charge is 0.161 e. The maximum absolute atomic E-state index is 10.6. The van der Waals surface area contributed by atoms with Crippen LogP contribution in [0.15, 0.2) is 47.4 Å². The number of hydrogen-bond donors (Lipinski definition) is 1. The average molecular weight is 288 g/mol. The molecule has 0 saturated heterocycles. The van der Waals surface area contributed by atoms with Crippen molar-refractivity contribution in [3.05, 3.63) is 53.6 Å². The van der Waals surface area contributed by atoms with Gasteiger partial charge in [-0.15, -0.1) is 11.8 Å². The summed E-state index contributed by atoms with van der Waals surface area (Å²) in [4.78, 5) is 1.08. The molecule has 0 bridgehead atoms. The Labute approximate surface area is 122 Å². The minimum absolute atomic E-state index is 0.550. The van der Waals surface area contributed by atoms with Crippen LogP contribution in [0.25, 0.3) is 0 Å². The third kappa shape index (κ3) is 2.49. The van der Waals surface area contributed by atoms with Crippen molar-refractivity contribution in [2.45, 2.75) is 11.0 Å². The average Bonchev–Trinajstić information content (AvgIpc) is 2.53. The predicted octanol–water partition coefficient (Wildman–Crippen LogP) is 3.26. The van der Waals surface area contributed by atoms with Gasteiger partial charge in [0.05, 0.1) is 0 Å². The molecule has 0 saturated carbocycles. The predicted molar refractivity (Wildman–Crippen MR) is 79.7 cm³/mol. The van der Waals surface area contributed by atoms with E-state index in [0.717, 1.165) is 21.8 Å². The van der Waals surface area contributed by atoms with Crippen molar-refractivity contribution in [1.29, 1.82) is 0 Å². The minimum atomic E-state index is -0.658. The van der Waals surface area contributed by atoms with Crippen LogP contribution in [0.3, 0.4) is 0 Å². The molecular formula is C16H16O3S. The number of hydrogen-bond acceptors (Lipinski definition) is 4. The highest BCUT2D eigenvalue weighted by Gasteiger charge is 2.18. The molecule has 3 rings (SSSR count). The van der Waals surface area contributed by atoms with Crippen LogP contribution in [0.5, 0.6) is 11.5 Å². The van der Waals surface area contributed by atoms with Crippen LogP contribution < -0.4 is 9.47 Å². The highest BCUT2D eigenvalue weighted by Crippen LogP contribution is 2.36. The Bertz CT molecular complexity index is 612. The topological polar surface area (TPSA) is 38.7 Å². The van der Waals surface area contributed by atoms with E-state index in [1.54, 1.807) is 11.8 Å². The molecule has 0 aliphatic carbocycles. The van der Waals surface area contributed by atoms with Crippen LogP contribution in [0.2, 0.25) is 0 Å². The van der Waals surface area contributed by atoms with Crippen LogP contribution in [0, 0.1) is 0 Å². The number of ether oxygens (including phenoxy) is 2. The molecule has 20 heavy (non-hydrogen) atoms. The summed E-state index contributed by atoms with van der Waals surface area (Å²) in [5.41, 5.74) is 1.73. The number of aliphatic hydroxyl groups excluding tert-OH is 1. The summed E-state index contributed by atoms with van der Waals surface area (Å²) >= 11 is 1.63. The maximum atomic E-state index is 10.6. The van der Waals surface area contributed by atoms with E-state index < -0.39 is 6.10 Å². The second-order valence-electron chi connectivity index (χ2n) is 4.55. The van der Waals surface area contributed by atoms with Gasteiger partial charge in [0.2, 0.25) is 0 Å². The van der Waals surface area contributed by atoms with Gasteiger partial charge in [-0.2, -0.15) is 0 Å². The Morgan fingerprint density at radius 1 is 1.05 bits per heavy atom. The summed E-state index contributed by atoms with van der Waals surface area (Å²) < 4.78 is 11.1. The van der Waals surface area contributed by atoms with E-state index in [1.807, 2.05) is 48.7 Å². The van der Waals surface area contributed by atoms with E-state index in [4.69, 9.17) is 9.47 Å². The van der Waals surface area contributed by atoms with E-state index in [2.05, 4.69) is 0 Å². The summed E-state index contributed by atoms with van der Waals surface area (Å²) in [6.07, 6.45) is 1.35. The van der Waals surface area contributed by atoms with Gasteiger partial charge in [0.15, 0.2) is 11.5 Å². The third-order valence-corrected chi connectivity index (χ3v) is 4.13. The summed E-state index contributed by atoms with van der Waals surface area (Å²) in [5, 5.41) is 10.6. The van der Waals surface area contributed by atoms with Gasteiger partial charge < -0.3 is 14.6 Å². The Hall–Kier alpha value is -1.65. The van der Waals surface area contributed by atoms with Crippen molar-refractivity contribution in [2.75, 3.05) is 19.5 Å². The lowest BCUT2D eigenvalue weighted by Gasteiger charge is -2.21. The van der Waals surface area contributed by atoms with E-state index >= 15 is 0 Å². The van der Waals surface area contributed by atoms with Gasteiger partial charge in [0.25, 0.3) is 0 Å². The van der Waals surface area contributed by atoms with Crippen molar-refractivity contribution in [3.8, 4) is 11.5 Å². The van der Waals surface area contributed by atoms with E-state index in [1.165, 1.54) is 0 Å². The SMILES string of the molecule is CSc1ccccc1C(O)c1ccc2c(c1)OCCO2. The summed E-state index contributed by atoms with van der Waals surface area (Å²) in [5.74, 6) is 1.44. The molecule has 2 aromatic rings. The largest absolute Gasteiger partial charge is 0.486 e. The zero-order valence-corrected chi connectivity index (χ0v) is 12.0. The first-order chi connectivity index (χ1) is 9.79. The molecule has 3 nitrogen and oxygen atoms in total. The molecule has 0 spiro atoms. The van der Waals surface area contributed by atoms with Crippen LogP contribution in [-0.4, -0.2) is 24.6 Å². The lowest BCUT2D eigenvalue weighted by molar-refractivity contribution is 0.169. The number of thioether (sulfide) groups is 1. The number of rotatable bonds is 3. The van der Waals surface area contributed by atoms with Gasteiger partial charge in [-0.1, -0.05) is 24.3 Å². The molecule has 1 aliphatic heterocycles. The van der Waals surface area contributed by atoms with Crippen LogP contribution >= 0.6 is 11.8 Å². The molecule has 0 fully saturated rings. The van der Waals surface area contributed by atoms with E-state index in [-0.39, 0.29) is 0 Å². The van der Waals surface area contributed by atoms with Crippen LogP contribution in [0.1, 0.15) is 17.2 Å². The molecule has 1 unspecified atom stereocenters. The maximum Gasteiger partial charge on any atom is 0.161 e. The number of aliphatic hydroxyl groups is 1. The second kappa shape index (κ2) is 5.77. The first-order valence-electron chi connectivity index (χ1n) is 6.50. The minimum Gasteiger partial charge on any atom is -0.486 e. The molecule has 1 N–H and O–H groups in total. The Morgan fingerprint density at radius 2 is 1.80 bits per heavy atom. The lowest BCUT2D eigenvalue weighted by atomic mass is 10.0. The van der Waals surface area contributed by atoms with Gasteiger partial charge in [0, 0.05) is 4.90 Å². The fraction of sp³-hybridized carbons (Fsp3) is 0.250. The Morgan fingerprint density at radius 3 is 2.60 bits per heavy atom. The lowest BCUT2D eigenvalue weighted by Crippen LogP contribution is -2.15. The first-order valence-corrected chi connectivity index (χ1v) is 7.72. The number of benzene rings is 2. The highest BCUT2D eigenvalue weighted by molar-refractivity contribution is 7.98. The summed E-state index contributed by atoms with van der Waals surface area (Å²) in [7, 11) is 0. The van der Waals surface area contributed by atoms with Crippen molar-refractivity contribution < 1.29 is 14.6 Å². The molecule has 104 valence electrons. The Kier molecular flexibility index (Phi) is 3.85. The molecule has 0 amide bonds. The second-order valence-corrected chi connectivity index (χ2v) is 5.40. The monoisotopic (exact) mass is 288 g/mol. The van der Waals surface area contributed by atoms with Crippen molar-refractivity contribution >= 4 is 11.8 Å². The van der Waals surface area contributed by atoms with Crippen LogP contribution in [-0.2, 0) is 0 Å². The molecule has 2 aromatic carbocycles. The quantitative estimate of drug-likeness (QED) is 0.880. The van der Waals surface area contributed by atoms with E-state index in [0.29, 0.717) is 19.0 Å². The fourth-order valence-electron chi connectivity index (χ4n) is 2.30. The molecule has 4 heteroatoms. The molecule has 0 aromatic heterocycles. The fourth-order valence-corrected chi connectivity index (χ4v) is 2.93. The normalized spacial score (nSPS) is 14.9. The summed E-state index contributed by atoms with van der Waals surface area (Å²) in [6.45, 7) is 1.12. The molecule has 1 heterocycles. The first kappa shape index (κ1) is 13.3.